The van der Waals surface area contributed by atoms with Crippen LogP contribution >= 0.6 is 0 Å². The first-order valence-electron chi connectivity index (χ1n) is 5.07. The Hall–Kier alpha value is -0.860. The second-order valence-corrected chi connectivity index (χ2v) is 3.83. The summed E-state index contributed by atoms with van der Waals surface area (Å²) in [6, 6.07) is 0. The molecule has 1 rings (SSSR count). The van der Waals surface area contributed by atoms with Crippen molar-refractivity contribution in [2.75, 3.05) is 13.1 Å². The van der Waals surface area contributed by atoms with Gasteiger partial charge in [0.05, 0.1) is 0 Å². The van der Waals surface area contributed by atoms with E-state index in [1.54, 1.807) is 0 Å². The largest absolute Gasteiger partial charge is 0.314 e. The van der Waals surface area contributed by atoms with E-state index in [4.69, 9.17) is 0 Å². The highest BCUT2D eigenvalue weighted by atomic mass is 16.5. The van der Waals surface area contributed by atoms with Gasteiger partial charge in [0.15, 0.2) is 0 Å². The highest BCUT2D eigenvalue weighted by Crippen LogP contribution is 2.19. The van der Waals surface area contributed by atoms with Gasteiger partial charge in [0.1, 0.15) is 0 Å². The van der Waals surface area contributed by atoms with E-state index in [9.17, 15) is 5.21 Å². The zero-order valence-electron chi connectivity index (χ0n) is 9.25. The summed E-state index contributed by atoms with van der Waals surface area (Å²) in [5.41, 5.74) is 3.90. The van der Waals surface area contributed by atoms with Crippen LogP contribution < -0.4 is 0 Å². The summed E-state index contributed by atoms with van der Waals surface area (Å²) in [4.78, 5) is 0. The average molecular weight is 193 g/mol. The summed E-state index contributed by atoms with van der Waals surface area (Å²) in [6.45, 7) is 7.62. The molecule has 14 heavy (non-hydrogen) atoms. The van der Waals surface area contributed by atoms with Gasteiger partial charge < -0.3 is 5.21 Å². The number of hydrogen-bond donors (Lipinski definition) is 1. The monoisotopic (exact) mass is 193 g/mol. The van der Waals surface area contributed by atoms with Crippen molar-refractivity contribution in [3.05, 3.63) is 34.9 Å². The molecule has 0 amide bonds. The molecule has 0 aromatic heterocycles. The molecule has 1 N–H and O–H groups in total. The first kappa shape index (κ1) is 11.2. The van der Waals surface area contributed by atoms with E-state index in [0.717, 1.165) is 13.0 Å². The summed E-state index contributed by atoms with van der Waals surface area (Å²) in [5.74, 6) is 0. The maximum Gasteiger partial charge on any atom is 0.0451 e. The quantitative estimate of drug-likeness (QED) is 0.682. The molecule has 0 radical (unpaired) electrons. The Kier molecular flexibility index (Phi) is 4.11. The first-order chi connectivity index (χ1) is 6.63. The fourth-order valence-corrected chi connectivity index (χ4v) is 1.70. The van der Waals surface area contributed by atoms with Crippen LogP contribution in [0.5, 0.6) is 0 Å². The molecule has 1 aliphatic rings. The van der Waals surface area contributed by atoms with Crippen molar-refractivity contribution in [3.8, 4) is 0 Å². The molecule has 0 unspecified atom stereocenters. The van der Waals surface area contributed by atoms with Crippen LogP contribution in [0.4, 0.5) is 0 Å². The lowest BCUT2D eigenvalue weighted by molar-refractivity contribution is -0.0851. The van der Waals surface area contributed by atoms with E-state index in [2.05, 4.69) is 26.0 Å². The van der Waals surface area contributed by atoms with Crippen LogP contribution in [-0.2, 0) is 0 Å². The molecule has 1 heterocycles. The summed E-state index contributed by atoms with van der Waals surface area (Å²) in [7, 11) is 0. The molecule has 0 fully saturated rings. The molecule has 0 aromatic carbocycles. The minimum Gasteiger partial charge on any atom is -0.314 e. The second-order valence-electron chi connectivity index (χ2n) is 3.83. The molecule has 0 bridgehead atoms. The predicted molar refractivity (Wildman–Crippen MR) is 59.2 cm³/mol. The maximum absolute atomic E-state index is 9.30. The van der Waals surface area contributed by atoms with Crippen molar-refractivity contribution >= 4 is 0 Å². The van der Waals surface area contributed by atoms with Gasteiger partial charge in [-0.3, -0.25) is 0 Å². The lowest BCUT2D eigenvalue weighted by atomic mass is 10.00. The SMILES string of the molecule is C/C=C\C(C)=C/C1=C(C)CN(O)CC1. The third-order valence-electron chi connectivity index (χ3n) is 2.44. The Labute approximate surface area is 86.2 Å². The minimum atomic E-state index is 0.676. The van der Waals surface area contributed by atoms with Crippen LogP contribution in [0, 0.1) is 0 Å². The van der Waals surface area contributed by atoms with Gasteiger partial charge in [-0.25, -0.2) is 0 Å². The number of rotatable bonds is 2. The van der Waals surface area contributed by atoms with Gasteiger partial charge in [0.25, 0.3) is 0 Å². The molecular formula is C12H19NO. The highest BCUT2D eigenvalue weighted by Gasteiger charge is 2.12. The van der Waals surface area contributed by atoms with Crippen molar-refractivity contribution in [1.29, 1.82) is 0 Å². The highest BCUT2D eigenvalue weighted by molar-refractivity contribution is 5.33. The normalized spacial score (nSPS) is 21.0. The number of nitrogens with zero attached hydrogens (tertiary/aromatic N) is 1. The molecule has 0 aromatic rings. The number of allylic oxidation sites excluding steroid dienone is 4. The van der Waals surface area contributed by atoms with E-state index < -0.39 is 0 Å². The van der Waals surface area contributed by atoms with Crippen LogP contribution in [-0.4, -0.2) is 23.4 Å². The fraction of sp³-hybridized carbons (Fsp3) is 0.500. The fourth-order valence-electron chi connectivity index (χ4n) is 1.70. The van der Waals surface area contributed by atoms with Gasteiger partial charge >= 0.3 is 0 Å². The molecule has 0 spiro atoms. The summed E-state index contributed by atoms with van der Waals surface area (Å²) in [6.07, 6.45) is 7.30. The molecule has 0 aliphatic carbocycles. The van der Waals surface area contributed by atoms with Crippen LogP contribution in [0.25, 0.3) is 0 Å². The zero-order chi connectivity index (χ0) is 10.6. The van der Waals surface area contributed by atoms with Gasteiger partial charge in [-0.15, -0.1) is 0 Å². The summed E-state index contributed by atoms with van der Waals surface area (Å²) >= 11 is 0. The summed E-state index contributed by atoms with van der Waals surface area (Å²) in [5, 5.41) is 10.7. The van der Waals surface area contributed by atoms with Crippen LogP contribution in [0.3, 0.4) is 0 Å². The third-order valence-corrected chi connectivity index (χ3v) is 2.44. The van der Waals surface area contributed by atoms with Crippen LogP contribution in [0.15, 0.2) is 34.9 Å². The molecular weight excluding hydrogens is 174 g/mol. The second kappa shape index (κ2) is 5.13. The van der Waals surface area contributed by atoms with E-state index >= 15 is 0 Å². The third kappa shape index (κ3) is 3.13. The topological polar surface area (TPSA) is 23.5 Å². The Morgan fingerprint density at radius 1 is 1.50 bits per heavy atom. The van der Waals surface area contributed by atoms with E-state index in [0.29, 0.717) is 6.54 Å². The van der Waals surface area contributed by atoms with Gasteiger partial charge in [-0.05, 0) is 32.8 Å². The van der Waals surface area contributed by atoms with Gasteiger partial charge in [-0.2, -0.15) is 5.06 Å². The Bertz CT molecular complexity index is 287. The predicted octanol–water partition coefficient (Wildman–Crippen LogP) is 2.92. The van der Waals surface area contributed by atoms with Gasteiger partial charge in [-0.1, -0.05) is 29.4 Å². The Balaban J connectivity index is 2.78. The molecule has 2 heteroatoms. The lowest BCUT2D eigenvalue weighted by Crippen LogP contribution is -2.27. The Morgan fingerprint density at radius 3 is 2.79 bits per heavy atom. The van der Waals surface area contributed by atoms with Gasteiger partial charge in [0.2, 0.25) is 0 Å². The van der Waals surface area contributed by atoms with Crippen molar-refractivity contribution in [2.24, 2.45) is 0 Å². The molecule has 2 nitrogen and oxygen atoms in total. The summed E-state index contributed by atoms with van der Waals surface area (Å²) < 4.78 is 0. The molecule has 0 atom stereocenters. The van der Waals surface area contributed by atoms with Crippen molar-refractivity contribution < 1.29 is 5.21 Å². The minimum absolute atomic E-state index is 0.676. The number of hydroxylamine groups is 2. The van der Waals surface area contributed by atoms with Crippen LogP contribution in [0.1, 0.15) is 27.2 Å². The zero-order valence-corrected chi connectivity index (χ0v) is 9.25. The van der Waals surface area contributed by atoms with Gasteiger partial charge in [0, 0.05) is 13.1 Å². The lowest BCUT2D eigenvalue weighted by Gasteiger charge is -2.23. The first-order valence-corrected chi connectivity index (χ1v) is 5.07. The maximum atomic E-state index is 9.30. The molecule has 0 saturated carbocycles. The Morgan fingerprint density at radius 2 is 2.21 bits per heavy atom. The van der Waals surface area contributed by atoms with Crippen molar-refractivity contribution in [2.45, 2.75) is 27.2 Å². The standard InChI is InChI=1S/C12H19NO/c1-4-5-10(2)8-12-6-7-13(14)9-11(12)3/h4-5,8,14H,6-7,9H2,1-3H3/b5-4-,10-8-. The average Bonchev–Trinajstić information content (AvgIpc) is 2.10. The molecule has 78 valence electrons. The smallest absolute Gasteiger partial charge is 0.0451 e. The van der Waals surface area contributed by atoms with Crippen LogP contribution in [0.2, 0.25) is 0 Å². The van der Waals surface area contributed by atoms with Crippen molar-refractivity contribution in [1.82, 2.24) is 5.06 Å². The van der Waals surface area contributed by atoms with E-state index in [1.807, 2.05) is 13.0 Å². The van der Waals surface area contributed by atoms with E-state index in [1.165, 1.54) is 21.8 Å². The van der Waals surface area contributed by atoms with E-state index in [-0.39, 0.29) is 0 Å². The molecule has 0 saturated heterocycles. The number of hydrogen-bond acceptors (Lipinski definition) is 2. The van der Waals surface area contributed by atoms with Crippen molar-refractivity contribution in [3.63, 3.8) is 0 Å². The molecule has 1 aliphatic heterocycles.